The van der Waals surface area contributed by atoms with E-state index in [0.717, 1.165) is 23.8 Å². The highest BCUT2D eigenvalue weighted by Gasteiger charge is 2.26. The molecular formula is C15H11NO2S. The summed E-state index contributed by atoms with van der Waals surface area (Å²) in [6, 6.07) is 12.0. The van der Waals surface area contributed by atoms with Crippen molar-refractivity contribution in [2.75, 3.05) is 6.61 Å². The highest BCUT2D eigenvalue weighted by molar-refractivity contribution is 7.14. The van der Waals surface area contributed by atoms with Gasteiger partial charge in [0, 0.05) is 5.56 Å². The molecular weight excluding hydrogens is 258 g/mol. The van der Waals surface area contributed by atoms with Crippen LogP contribution in [-0.2, 0) is 11.2 Å². The lowest BCUT2D eigenvalue weighted by Crippen LogP contribution is -2.17. The lowest BCUT2D eigenvalue weighted by Gasteiger charge is -2.25. The molecule has 3 rings (SSSR count). The van der Waals surface area contributed by atoms with Gasteiger partial charge >= 0.3 is 0 Å². The monoisotopic (exact) mass is 269 g/mol. The normalized spacial score (nSPS) is 17.5. The molecule has 1 aliphatic rings. The van der Waals surface area contributed by atoms with Crippen LogP contribution < -0.4 is 0 Å². The Balaban J connectivity index is 2.11. The molecule has 1 atom stereocenters. The van der Waals surface area contributed by atoms with Crippen molar-refractivity contribution in [2.24, 2.45) is 0 Å². The zero-order valence-corrected chi connectivity index (χ0v) is 10.9. The minimum Gasteiger partial charge on any atom is -0.368 e. The molecule has 0 saturated carbocycles. The van der Waals surface area contributed by atoms with Gasteiger partial charge in [0.1, 0.15) is 17.1 Å². The summed E-state index contributed by atoms with van der Waals surface area (Å²) in [6.07, 6.45) is 1.44. The second kappa shape index (κ2) is 4.96. The van der Waals surface area contributed by atoms with Crippen LogP contribution in [0.2, 0.25) is 0 Å². The van der Waals surface area contributed by atoms with E-state index in [1.54, 1.807) is 6.07 Å². The molecule has 3 nitrogen and oxygen atoms in total. The maximum Gasteiger partial charge on any atom is 0.160 e. The molecule has 0 N–H and O–H groups in total. The molecule has 0 fully saturated rings. The molecule has 2 aromatic rings. The highest BCUT2D eigenvalue weighted by atomic mass is 32.1. The van der Waals surface area contributed by atoms with Crippen molar-refractivity contribution < 1.29 is 9.53 Å². The van der Waals surface area contributed by atoms with Gasteiger partial charge in [0.05, 0.1) is 11.5 Å². The van der Waals surface area contributed by atoms with Crippen LogP contribution in [0.4, 0.5) is 0 Å². The van der Waals surface area contributed by atoms with Crippen molar-refractivity contribution in [3.63, 3.8) is 0 Å². The number of thiophene rings is 1. The van der Waals surface area contributed by atoms with E-state index in [4.69, 9.17) is 4.74 Å². The number of hydrogen-bond acceptors (Lipinski definition) is 4. The summed E-state index contributed by atoms with van der Waals surface area (Å²) >= 11 is 1.22. The van der Waals surface area contributed by atoms with E-state index in [-0.39, 0.29) is 6.10 Å². The second-order valence-corrected chi connectivity index (χ2v) is 5.45. The van der Waals surface area contributed by atoms with E-state index < -0.39 is 0 Å². The van der Waals surface area contributed by atoms with Crippen LogP contribution in [0.15, 0.2) is 30.3 Å². The van der Waals surface area contributed by atoms with Crippen molar-refractivity contribution in [1.82, 2.24) is 0 Å². The Kier molecular flexibility index (Phi) is 3.16. The fraction of sp³-hybridized carbons (Fsp3) is 0.200. The van der Waals surface area contributed by atoms with Crippen LogP contribution in [0, 0.1) is 11.3 Å². The van der Waals surface area contributed by atoms with Crippen molar-refractivity contribution in [2.45, 2.75) is 12.5 Å². The molecule has 4 heteroatoms. The number of ether oxygens (including phenoxy) is 1. The van der Waals surface area contributed by atoms with Crippen molar-refractivity contribution in [3.8, 4) is 6.07 Å². The van der Waals surface area contributed by atoms with Gasteiger partial charge < -0.3 is 4.74 Å². The summed E-state index contributed by atoms with van der Waals surface area (Å²) in [7, 11) is 0. The summed E-state index contributed by atoms with van der Waals surface area (Å²) in [4.78, 5) is 12.0. The fourth-order valence-corrected chi connectivity index (χ4v) is 3.22. The van der Waals surface area contributed by atoms with E-state index in [1.807, 2.05) is 18.2 Å². The van der Waals surface area contributed by atoms with Crippen molar-refractivity contribution in [3.05, 3.63) is 56.8 Å². The number of carbonyl (C=O) groups is 1. The molecule has 1 aliphatic heterocycles. The molecule has 0 bridgehead atoms. The quantitative estimate of drug-likeness (QED) is 0.787. The predicted octanol–water partition coefficient (Wildman–Crippen LogP) is 3.09. The van der Waals surface area contributed by atoms with E-state index >= 15 is 0 Å². The zero-order valence-electron chi connectivity index (χ0n) is 10.1. The molecule has 1 aromatic heterocycles. The zero-order chi connectivity index (χ0) is 13.2. The smallest absolute Gasteiger partial charge is 0.160 e. The van der Waals surface area contributed by atoms with Gasteiger partial charge in [-0.3, -0.25) is 4.79 Å². The molecule has 2 heterocycles. The minimum atomic E-state index is -0.232. The van der Waals surface area contributed by atoms with Gasteiger partial charge in [-0.05, 0) is 23.6 Å². The molecule has 1 aromatic carbocycles. The van der Waals surface area contributed by atoms with E-state index in [0.29, 0.717) is 16.4 Å². The summed E-state index contributed by atoms with van der Waals surface area (Å²) in [5.41, 5.74) is 3.16. The molecule has 94 valence electrons. The second-order valence-electron chi connectivity index (χ2n) is 4.36. The number of fused-ring (bicyclic) bond motifs is 1. The SMILES string of the molecule is N#Cc1sc(C=O)cc1C1OCCc2ccccc21. The van der Waals surface area contributed by atoms with Crippen LogP contribution >= 0.6 is 11.3 Å². The first kappa shape index (κ1) is 12.1. The fourth-order valence-electron chi connectivity index (χ4n) is 2.42. The number of nitrogens with zero attached hydrogens (tertiary/aromatic N) is 1. The number of rotatable bonds is 2. The van der Waals surface area contributed by atoms with Gasteiger partial charge in [-0.2, -0.15) is 5.26 Å². The average Bonchev–Trinajstić information content (AvgIpc) is 2.90. The van der Waals surface area contributed by atoms with Crippen LogP contribution in [0.1, 0.15) is 37.3 Å². The number of nitriles is 1. The number of benzene rings is 1. The van der Waals surface area contributed by atoms with Gasteiger partial charge in [0.15, 0.2) is 6.29 Å². The van der Waals surface area contributed by atoms with Crippen molar-refractivity contribution >= 4 is 17.6 Å². The average molecular weight is 269 g/mol. The third-order valence-corrected chi connectivity index (χ3v) is 4.25. The van der Waals surface area contributed by atoms with Gasteiger partial charge in [0.2, 0.25) is 0 Å². The topological polar surface area (TPSA) is 50.1 Å². The number of carbonyl (C=O) groups excluding carboxylic acids is 1. The first-order chi connectivity index (χ1) is 9.33. The Morgan fingerprint density at radius 3 is 3.00 bits per heavy atom. The predicted molar refractivity (Wildman–Crippen MR) is 72.4 cm³/mol. The van der Waals surface area contributed by atoms with Crippen LogP contribution in [0.3, 0.4) is 0 Å². The van der Waals surface area contributed by atoms with Gasteiger partial charge in [-0.25, -0.2) is 0 Å². The molecule has 19 heavy (non-hydrogen) atoms. The van der Waals surface area contributed by atoms with Gasteiger partial charge in [0.25, 0.3) is 0 Å². The largest absolute Gasteiger partial charge is 0.368 e. The summed E-state index contributed by atoms with van der Waals surface area (Å²) < 4.78 is 5.83. The van der Waals surface area contributed by atoms with Crippen LogP contribution in [0.5, 0.6) is 0 Å². The van der Waals surface area contributed by atoms with Crippen LogP contribution in [0.25, 0.3) is 0 Å². The molecule has 0 aliphatic carbocycles. The molecule has 0 radical (unpaired) electrons. The third kappa shape index (κ3) is 2.07. The first-order valence-corrected chi connectivity index (χ1v) is 6.83. The van der Waals surface area contributed by atoms with E-state index in [1.165, 1.54) is 16.9 Å². The maximum absolute atomic E-state index is 10.9. The molecule has 0 saturated heterocycles. The number of hydrogen-bond donors (Lipinski definition) is 0. The Morgan fingerprint density at radius 2 is 2.21 bits per heavy atom. The van der Waals surface area contributed by atoms with E-state index in [2.05, 4.69) is 12.1 Å². The molecule has 1 unspecified atom stereocenters. The Bertz CT molecular complexity index is 669. The third-order valence-electron chi connectivity index (χ3n) is 3.27. The Hall–Kier alpha value is -1.96. The van der Waals surface area contributed by atoms with Gasteiger partial charge in [-0.15, -0.1) is 11.3 Å². The highest BCUT2D eigenvalue weighted by Crippen LogP contribution is 2.37. The Labute approximate surface area is 115 Å². The van der Waals surface area contributed by atoms with E-state index in [9.17, 15) is 10.1 Å². The lowest BCUT2D eigenvalue weighted by molar-refractivity contribution is 0.0699. The first-order valence-electron chi connectivity index (χ1n) is 6.02. The summed E-state index contributed by atoms with van der Waals surface area (Å²) in [6.45, 7) is 0.638. The Morgan fingerprint density at radius 1 is 1.37 bits per heavy atom. The maximum atomic E-state index is 10.9. The summed E-state index contributed by atoms with van der Waals surface area (Å²) in [5, 5.41) is 9.19. The van der Waals surface area contributed by atoms with Gasteiger partial charge in [-0.1, -0.05) is 24.3 Å². The number of aldehydes is 1. The molecule has 0 amide bonds. The standard InChI is InChI=1S/C15H11NO2S/c16-8-14-13(7-11(9-17)19-14)15-12-4-2-1-3-10(12)5-6-18-15/h1-4,7,9,15H,5-6H2. The summed E-state index contributed by atoms with van der Waals surface area (Å²) in [5.74, 6) is 0. The minimum absolute atomic E-state index is 0.232. The molecule has 0 spiro atoms. The van der Waals surface area contributed by atoms with Crippen LogP contribution in [-0.4, -0.2) is 12.9 Å². The van der Waals surface area contributed by atoms with Crippen molar-refractivity contribution in [1.29, 1.82) is 5.26 Å². The lowest BCUT2D eigenvalue weighted by atomic mass is 9.93.